The fourth-order valence-electron chi connectivity index (χ4n) is 1.35. The lowest BCUT2D eigenvalue weighted by Crippen LogP contribution is -2.20. The summed E-state index contributed by atoms with van der Waals surface area (Å²) in [6, 6.07) is 4.45. The zero-order valence-electron chi connectivity index (χ0n) is 8.03. The lowest BCUT2D eigenvalue weighted by molar-refractivity contribution is 0.480. The van der Waals surface area contributed by atoms with Crippen molar-refractivity contribution in [3.63, 3.8) is 0 Å². The van der Waals surface area contributed by atoms with Crippen molar-refractivity contribution in [2.24, 2.45) is 0 Å². The molecule has 0 bridgehead atoms. The van der Waals surface area contributed by atoms with Gasteiger partial charge in [-0.1, -0.05) is 23.2 Å². The molecule has 0 aliphatic heterocycles. The summed E-state index contributed by atoms with van der Waals surface area (Å²) in [6.45, 7) is 0. The predicted octanol–water partition coefficient (Wildman–Crippen LogP) is 2.24. The molecule has 0 spiro atoms. The molecule has 8 heteroatoms. The van der Waals surface area contributed by atoms with Crippen LogP contribution in [0.25, 0.3) is 0 Å². The van der Waals surface area contributed by atoms with Crippen molar-refractivity contribution in [3.05, 3.63) is 33.8 Å². The smallest absolute Gasteiger partial charge is 0.268 e. The molecule has 0 radical (unpaired) electrons. The van der Waals surface area contributed by atoms with Crippen LogP contribution in [0, 0.1) is 0 Å². The molecule has 0 aromatic heterocycles. The molecular weight excluding hydrogens is 311 g/mol. The molecule has 0 aliphatic carbocycles. The predicted molar refractivity (Wildman–Crippen MR) is 70.0 cm³/mol. The molecule has 0 saturated heterocycles. The SMILES string of the molecule is O=S(=O)(O)C([SiH2]CCl)c1cc(Cl)cc(Cl)c1. The fraction of sp³-hybridized carbons (Fsp3) is 0.250. The van der Waals surface area contributed by atoms with Crippen LogP contribution >= 0.6 is 34.8 Å². The Labute approximate surface area is 111 Å². The third kappa shape index (κ3) is 3.91. The number of rotatable bonds is 4. The fourth-order valence-corrected chi connectivity index (χ4v) is 5.73. The minimum absolute atomic E-state index is 0.245. The largest absolute Gasteiger partial charge is 0.285 e. The first-order valence-corrected chi connectivity index (χ1v) is 8.94. The van der Waals surface area contributed by atoms with E-state index in [1.807, 2.05) is 0 Å². The van der Waals surface area contributed by atoms with Gasteiger partial charge in [0.15, 0.2) is 0 Å². The van der Waals surface area contributed by atoms with Gasteiger partial charge in [0, 0.05) is 15.5 Å². The average Bonchev–Trinajstić information content (AvgIpc) is 2.10. The highest BCUT2D eigenvalue weighted by Crippen LogP contribution is 2.27. The summed E-state index contributed by atoms with van der Waals surface area (Å²) in [4.78, 5) is -0.957. The van der Waals surface area contributed by atoms with E-state index in [4.69, 9.17) is 39.4 Å². The summed E-state index contributed by atoms with van der Waals surface area (Å²) in [5.41, 5.74) is 0.640. The van der Waals surface area contributed by atoms with Gasteiger partial charge in [0.1, 0.15) is 0 Å². The average molecular weight is 320 g/mol. The number of alkyl halides is 1. The van der Waals surface area contributed by atoms with Gasteiger partial charge in [-0.25, -0.2) is 0 Å². The molecule has 0 heterocycles. The molecule has 1 N–H and O–H groups in total. The highest BCUT2D eigenvalue weighted by molar-refractivity contribution is 7.87. The molecule has 1 aromatic rings. The summed E-state index contributed by atoms with van der Waals surface area (Å²) in [6.07, 6.45) is 0. The Morgan fingerprint density at radius 2 is 1.75 bits per heavy atom. The first-order valence-electron chi connectivity index (χ1n) is 4.33. The molecule has 1 atom stereocenters. The molecule has 0 fully saturated rings. The van der Waals surface area contributed by atoms with Crippen molar-refractivity contribution < 1.29 is 13.0 Å². The third-order valence-corrected chi connectivity index (χ3v) is 7.25. The summed E-state index contributed by atoms with van der Waals surface area (Å²) in [5, 5.41) is 0.666. The van der Waals surface area contributed by atoms with Crippen LogP contribution in [0.5, 0.6) is 0 Å². The topological polar surface area (TPSA) is 54.4 Å². The first-order chi connectivity index (χ1) is 7.34. The van der Waals surface area contributed by atoms with Crippen molar-refractivity contribution in [3.8, 4) is 0 Å². The van der Waals surface area contributed by atoms with Crippen molar-refractivity contribution in [2.75, 3.05) is 5.50 Å². The molecule has 0 aliphatic rings. The van der Waals surface area contributed by atoms with E-state index < -0.39 is 24.5 Å². The van der Waals surface area contributed by atoms with Crippen molar-refractivity contribution >= 4 is 54.4 Å². The standard InChI is InChI=1S/C8H9Cl3O3SSi/c9-4-16-8(15(12,13)14)5-1-6(10)3-7(11)2-5/h1-3,8H,4,16H2,(H,12,13,14). The monoisotopic (exact) mass is 318 g/mol. The van der Waals surface area contributed by atoms with Crippen LogP contribution in [0.4, 0.5) is 0 Å². The quantitative estimate of drug-likeness (QED) is 0.526. The van der Waals surface area contributed by atoms with Crippen LogP contribution in [-0.2, 0) is 10.1 Å². The van der Waals surface area contributed by atoms with Crippen LogP contribution in [-0.4, -0.2) is 28.0 Å². The Bertz CT molecular complexity index is 457. The van der Waals surface area contributed by atoms with Crippen LogP contribution < -0.4 is 0 Å². The summed E-state index contributed by atoms with van der Waals surface area (Å²) in [7, 11) is -5.34. The van der Waals surface area contributed by atoms with Gasteiger partial charge in [-0.15, -0.1) is 11.6 Å². The van der Waals surface area contributed by atoms with Crippen molar-refractivity contribution in [1.82, 2.24) is 0 Å². The minimum atomic E-state index is -4.15. The maximum absolute atomic E-state index is 11.2. The van der Waals surface area contributed by atoms with E-state index in [1.165, 1.54) is 18.2 Å². The molecule has 3 nitrogen and oxygen atoms in total. The lowest BCUT2D eigenvalue weighted by Gasteiger charge is -2.13. The first kappa shape index (κ1) is 14.3. The van der Waals surface area contributed by atoms with Crippen LogP contribution in [0.3, 0.4) is 0 Å². The lowest BCUT2D eigenvalue weighted by atomic mass is 10.2. The van der Waals surface area contributed by atoms with E-state index in [2.05, 4.69) is 0 Å². The second-order valence-electron chi connectivity index (χ2n) is 3.18. The molecule has 1 aromatic carbocycles. The molecular formula is C8H9Cl3O3SSi. The molecule has 1 rings (SSSR count). The number of benzene rings is 1. The van der Waals surface area contributed by atoms with Crippen LogP contribution in [0.2, 0.25) is 10.0 Å². The molecule has 16 heavy (non-hydrogen) atoms. The van der Waals surface area contributed by atoms with E-state index in [1.54, 1.807) is 0 Å². The summed E-state index contributed by atoms with van der Waals surface area (Å²) in [5.74, 6) is 0. The zero-order chi connectivity index (χ0) is 12.3. The second-order valence-corrected chi connectivity index (χ2v) is 9.15. The van der Waals surface area contributed by atoms with Gasteiger partial charge in [-0.2, -0.15) is 8.42 Å². The maximum Gasteiger partial charge on any atom is 0.268 e. The Morgan fingerprint density at radius 1 is 1.25 bits per heavy atom. The molecule has 0 saturated carbocycles. The van der Waals surface area contributed by atoms with E-state index in [9.17, 15) is 8.42 Å². The number of hydrogen-bond acceptors (Lipinski definition) is 2. The highest BCUT2D eigenvalue weighted by Gasteiger charge is 2.25. The Morgan fingerprint density at radius 3 is 2.12 bits per heavy atom. The zero-order valence-corrected chi connectivity index (χ0v) is 12.5. The van der Waals surface area contributed by atoms with E-state index in [0.29, 0.717) is 15.6 Å². The van der Waals surface area contributed by atoms with Crippen molar-refractivity contribution in [1.29, 1.82) is 0 Å². The van der Waals surface area contributed by atoms with Gasteiger partial charge >= 0.3 is 0 Å². The van der Waals surface area contributed by atoms with Gasteiger partial charge < -0.3 is 0 Å². The van der Waals surface area contributed by atoms with E-state index in [0.717, 1.165) is 0 Å². The van der Waals surface area contributed by atoms with Gasteiger partial charge in [0.05, 0.1) is 14.4 Å². The normalized spacial score (nSPS) is 14.5. The molecule has 1 unspecified atom stereocenters. The second kappa shape index (κ2) is 5.71. The third-order valence-electron chi connectivity index (χ3n) is 1.99. The van der Waals surface area contributed by atoms with Crippen molar-refractivity contribution in [2.45, 2.75) is 4.87 Å². The Kier molecular flexibility index (Phi) is 5.09. The van der Waals surface area contributed by atoms with E-state index >= 15 is 0 Å². The van der Waals surface area contributed by atoms with E-state index in [-0.39, 0.29) is 5.50 Å². The number of halogens is 3. The van der Waals surface area contributed by atoms with Crippen LogP contribution in [0.1, 0.15) is 10.4 Å². The van der Waals surface area contributed by atoms with Gasteiger partial charge in [0.2, 0.25) is 0 Å². The Hall–Kier alpha value is 0.217. The summed E-state index contributed by atoms with van der Waals surface area (Å²) < 4.78 is 31.5. The van der Waals surface area contributed by atoms with Crippen LogP contribution in [0.15, 0.2) is 18.2 Å². The van der Waals surface area contributed by atoms with Gasteiger partial charge in [-0.3, -0.25) is 4.55 Å². The maximum atomic E-state index is 11.2. The molecule has 90 valence electrons. The Balaban J connectivity index is 3.21. The summed E-state index contributed by atoms with van der Waals surface area (Å²) >= 11 is 17.1. The minimum Gasteiger partial charge on any atom is -0.285 e. The number of hydrogen-bond donors (Lipinski definition) is 1. The van der Waals surface area contributed by atoms with Gasteiger partial charge in [-0.05, 0) is 23.8 Å². The van der Waals surface area contributed by atoms with Gasteiger partial charge in [0.25, 0.3) is 10.1 Å². The highest BCUT2D eigenvalue weighted by atomic mass is 35.5. The molecule has 0 amide bonds.